The molecule has 1 unspecified atom stereocenters. The summed E-state index contributed by atoms with van der Waals surface area (Å²) < 4.78 is 0. The Labute approximate surface area is 144 Å². The van der Waals surface area contributed by atoms with Gasteiger partial charge in [-0.05, 0) is 31.5 Å². The van der Waals surface area contributed by atoms with Crippen molar-refractivity contribution in [3.05, 3.63) is 34.9 Å². The quantitative estimate of drug-likeness (QED) is 0.464. The second kappa shape index (κ2) is 6.87. The molecule has 0 aliphatic carbocycles. The number of nitrogens with two attached hydrogens (primary N) is 1. The van der Waals surface area contributed by atoms with Gasteiger partial charge in [0, 0.05) is 18.4 Å². The number of nitrogens with one attached hydrogen (secondary N) is 1. The van der Waals surface area contributed by atoms with Crippen LogP contribution in [0.25, 0.3) is 0 Å². The van der Waals surface area contributed by atoms with Crippen molar-refractivity contribution in [2.24, 2.45) is 5.73 Å². The highest BCUT2D eigenvalue weighted by molar-refractivity contribution is 6.24. The third-order valence-electron chi connectivity index (χ3n) is 4.20. The summed E-state index contributed by atoms with van der Waals surface area (Å²) in [6.45, 7) is 0.530. The molecule has 2 aliphatic rings. The number of fused-ring (bicyclic) bond motifs is 1. The van der Waals surface area contributed by atoms with Crippen LogP contribution in [0.4, 0.5) is 0 Å². The van der Waals surface area contributed by atoms with Gasteiger partial charge in [0.15, 0.2) is 0 Å². The number of imide groups is 2. The molecule has 0 radical (unpaired) electrons. The summed E-state index contributed by atoms with van der Waals surface area (Å²) in [7, 11) is 0. The fourth-order valence-electron chi connectivity index (χ4n) is 2.97. The number of rotatable bonds is 3. The van der Waals surface area contributed by atoms with Gasteiger partial charge in [0.25, 0.3) is 11.8 Å². The van der Waals surface area contributed by atoms with E-state index in [0.29, 0.717) is 18.5 Å². The van der Waals surface area contributed by atoms with Crippen LogP contribution < -0.4 is 11.1 Å². The minimum Gasteiger partial charge on any atom is -0.330 e. The third-order valence-corrected chi connectivity index (χ3v) is 4.20. The Balaban J connectivity index is 1.92. The normalized spacial score (nSPS) is 19.4. The summed E-state index contributed by atoms with van der Waals surface area (Å²) in [6.07, 6.45) is 1.57. The van der Waals surface area contributed by atoms with Crippen LogP contribution in [0.15, 0.2) is 18.2 Å². The SMILES string of the molecule is NCCCC#Cc1cccc2c1C(=O)N(C1CCC(=O)NC1=O)C2=O. The molecule has 0 bridgehead atoms. The average Bonchev–Trinajstić information content (AvgIpc) is 2.84. The molecule has 25 heavy (non-hydrogen) atoms. The highest BCUT2D eigenvalue weighted by atomic mass is 16.2. The second-order valence-electron chi connectivity index (χ2n) is 5.87. The summed E-state index contributed by atoms with van der Waals surface area (Å²) in [6, 6.07) is 3.91. The number of piperidine rings is 1. The van der Waals surface area contributed by atoms with Gasteiger partial charge in [-0.3, -0.25) is 29.4 Å². The molecule has 0 saturated carbocycles. The summed E-state index contributed by atoms with van der Waals surface area (Å²) in [5, 5.41) is 2.17. The average molecular weight is 339 g/mol. The number of hydrogen-bond acceptors (Lipinski definition) is 5. The first-order chi connectivity index (χ1) is 12.0. The number of amides is 4. The molecule has 3 N–H and O–H groups in total. The molecular weight excluding hydrogens is 322 g/mol. The van der Waals surface area contributed by atoms with Crippen LogP contribution in [0, 0.1) is 11.8 Å². The molecule has 1 aromatic carbocycles. The Bertz CT molecular complexity index is 834. The van der Waals surface area contributed by atoms with Crippen molar-refractivity contribution in [2.75, 3.05) is 6.54 Å². The van der Waals surface area contributed by atoms with Crippen LogP contribution >= 0.6 is 0 Å². The first kappa shape index (κ1) is 16.9. The van der Waals surface area contributed by atoms with Gasteiger partial charge in [-0.25, -0.2) is 0 Å². The van der Waals surface area contributed by atoms with Gasteiger partial charge in [0.05, 0.1) is 11.1 Å². The van der Waals surface area contributed by atoms with Gasteiger partial charge in [0.1, 0.15) is 6.04 Å². The van der Waals surface area contributed by atoms with E-state index in [-0.39, 0.29) is 24.0 Å². The monoisotopic (exact) mass is 339 g/mol. The maximum atomic E-state index is 12.8. The summed E-state index contributed by atoms with van der Waals surface area (Å²) in [5.74, 6) is 3.76. The van der Waals surface area contributed by atoms with Crippen molar-refractivity contribution in [1.82, 2.24) is 10.2 Å². The number of nitrogens with zero attached hydrogens (tertiary/aromatic N) is 1. The van der Waals surface area contributed by atoms with Gasteiger partial charge in [-0.1, -0.05) is 17.9 Å². The minimum atomic E-state index is -0.969. The lowest BCUT2D eigenvalue weighted by Gasteiger charge is -2.27. The van der Waals surface area contributed by atoms with Crippen molar-refractivity contribution in [3.8, 4) is 11.8 Å². The fourth-order valence-corrected chi connectivity index (χ4v) is 2.97. The number of carbonyl (C=O) groups is 4. The van der Waals surface area contributed by atoms with Gasteiger partial charge in [-0.2, -0.15) is 0 Å². The molecule has 4 amide bonds. The maximum Gasteiger partial charge on any atom is 0.263 e. The smallest absolute Gasteiger partial charge is 0.263 e. The Kier molecular flexibility index (Phi) is 4.63. The number of hydrogen-bond donors (Lipinski definition) is 2. The third kappa shape index (κ3) is 3.04. The van der Waals surface area contributed by atoms with Gasteiger partial charge >= 0.3 is 0 Å². The lowest BCUT2D eigenvalue weighted by atomic mass is 10.0. The van der Waals surface area contributed by atoms with Crippen molar-refractivity contribution in [2.45, 2.75) is 31.7 Å². The van der Waals surface area contributed by atoms with Gasteiger partial charge < -0.3 is 5.73 Å². The van der Waals surface area contributed by atoms with Crippen LogP contribution in [-0.2, 0) is 9.59 Å². The van der Waals surface area contributed by atoms with Gasteiger partial charge in [0.2, 0.25) is 11.8 Å². The highest BCUT2D eigenvalue weighted by Gasteiger charge is 2.45. The fraction of sp³-hybridized carbons (Fsp3) is 0.333. The van der Waals surface area contributed by atoms with E-state index in [2.05, 4.69) is 17.2 Å². The molecule has 3 rings (SSSR count). The van der Waals surface area contributed by atoms with E-state index in [1.54, 1.807) is 18.2 Å². The van der Waals surface area contributed by atoms with E-state index in [0.717, 1.165) is 11.3 Å². The van der Waals surface area contributed by atoms with Gasteiger partial charge in [-0.15, -0.1) is 0 Å². The van der Waals surface area contributed by atoms with Crippen LogP contribution in [0.5, 0.6) is 0 Å². The van der Waals surface area contributed by atoms with E-state index in [1.807, 2.05) is 0 Å². The molecule has 1 atom stereocenters. The number of carbonyl (C=O) groups excluding carboxylic acids is 4. The predicted molar refractivity (Wildman–Crippen MR) is 88.3 cm³/mol. The van der Waals surface area contributed by atoms with Crippen LogP contribution in [0.3, 0.4) is 0 Å². The van der Waals surface area contributed by atoms with Crippen molar-refractivity contribution >= 4 is 23.6 Å². The molecule has 0 aromatic heterocycles. The largest absolute Gasteiger partial charge is 0.330 e. The number of unbranched alkanes of at least 4 members (excludes halogenated alkanes) is 1. The van der Waals surface area contributed by atoms with E-state index in [4.69, 9.17) is 5.73 Å². The standard InChI is InChI=1S/C18H17N3O4/c19-10-3-1-2-5-11-6-4-7-12-15(11)18(25)21(17(12)24)13-8-9-14(22)20-16(13)23/h4,6-7,13H,1,3,8-10,19H2,(H,20,22,23). The van der Waals surface area contributed by atoms with E-state index in [9.17, 15) is 19.2 Å². The zero-order valence-electron chi connectivity index (χ0n) is 13.5. The zero-order valence-corrected chi connectivity index (χ0v) is 13.5. The van der Waals surface area contributed by atoms with Crippen LogP contribution in [-0.4, -0.2) is 41.1 Å². The Hall–Kier alpha value is -2.98. The molecule has 1 fully saturated rings. The maximum absolute atomic E-state index is 12.8. The second-order valence-corrected chi connectivity index (χ2v) is 5.87. The van der Waals surface area contributed by atoms with E-state index >= 15 is 0 Å². The minimum absolute atomic E-state index is 0.0928. The van der Waals surface area contributed by atoms with E-state index in [1.165, 1.54) is 0 Å². The number of benzene rings is 1. The summed E-state index contributed by atoms with van der Waals surface area (Å²) in [5.41, 5.74) is 6.34. The first-order valence-corrected chi connectivity index (χ1v) is 8.08. The zero-order chi connectivity index (χ0) is 18.0. The summed E-state index contributed by atoms with van der Waals surface area (Å²) in [4.78, 5) is 49.7. The highest BCUT2D eigenvalue weighted by Crippen LogP contribution is 2.29. The lowest BCUT2D eigenvalue weighted by Crippen LogP contribution is -2.54. The molecular formula is C18H17N3O4. The molecule has 0 spiro atoms. The molecule has 2 heterocycles. The van der Waals surface area contributed by atoms with Crippen molar-refractivity contribution in [3.63, 3.8) is 0 Å². The van der Waals surface area contributed by atoms with Crippen molar-refractivity contribution < 1.29 is 19.2 Å². The lowest BCUT2D eigenvalue weighted by molar-refractivity contribution is -0.136. The molecule has 1 aromatic rings. The van der Waals surface area contributed by atoms with Crippen LogP contribution in [0.2, 0.25) is 0 Å². The Morgan fingerprint density at radius 3 is 2.72 bits per heavy atom. The molecule has 2 aliphatic heterocycles. The Morgan fingerprint density at radius 2 is 2.00 bits per heavy atom. The molecule has 7 heteroatoms. The predicted octanol–water partition coefficient (Wildman–Crippen LogP) is 0.178. The summed E-state index contributed by atoms with van der Waals surface area (Å²) >= 11 is 0. The topological polar surface area (TPSA) is 110 Å². The Morgan fingerprint density at radius 1 is 1.20 bits per heavy atom. The molecule has 7 nitrogen and oxygen atoms in total. The molecule has 128 valence electrons. The van der Waals surface area contributed by atoms with Crippen LogP contribution in [0.1, 0.15) is 52.0 Å². The van der Waals surface area contributed by atoms with Crippen molar-refractivity contribution in [1.29, 1.82) is 0 Å². The first-order valence-electron chi connectivity index (χ1n) is 8.08. The van der Waals surface area contributed by atoms with E-state index < -0.39 is 29.7 Å². The molecule has 1 saturated heterocycles.